The molecule has 0 radical (unpaired) electrons. The van der Waals surface area contributed by atoms with E-state index in [1.54, 1.807) is 7.11 Å². The third-order valence-corrected chi connectivity index (χ3v) is 5.88. The van der Waals surface area contributed by atoms with E-state index in [9.17, 15) is 4.79 Å². The fourth-order valence-corrected chi connectivity index (χ4v) is 4.52. The Balaban J connectivity index is 2.03. The van der Waals surface area contributed by atoms with Gasteiger partial charge in [-0.3, -0.25) is 4.79 Å². The van der Waals surface area contributed by atoms with E-state index in [4.69, 9.17) is 9.47 Å². The summed E-state index contributed by atoms with van der Waals surface area (Å²) in [5.41, 5.74) is 4.71. The highest BCUT2D eigenvalue weighted by Gasteiger charge is 2.34. The number of benzene rings is 1. The number of rotatable bonds is 9. The van der Waals surface area contributed by atoms with Gasteiger partial charge >= 0.3 is 0 Å². The molecular formula is C25H36O3. The highest BCUT2D eigenvalue weighted by atomic mass is 16.5. The molecule has 1 aliphatic rings. The minimum atomic E-state index is 0.0426. The zero-order valence-corrected chi connectivity index (χ0v) is 18.3. The summed E-state index contributed by atoms with van der Waals surface area (Å²) in [6.07, 6.45) is 6.63. The van der Waals surface area contributed by atoms with E-state index in [1.165, 1.54) is 16.7 Å². The average Bonchev–Trinajstić information content (AvgIpc) is 2.64. The number of ether oxygens (including phenoxy) is 2. The SMILES string of the molecule is CC#Cc1cc(C)c(CC(=O)CC2(C)CCCC(OCCOC)C2)c(CC)c1. The van der Waals surface area contributed by atoms with E-state index in [1.807, 2.05) is 6.92 Å². The maximum atomic E-state index is 13.0. The molecule has 1 fully saturated rings. The van der Waals surface area contributed by atoms with Gasteiger partial charge in [-0.2, -0.15) is 0 Å². The lowest BCUT2D eigenvalue weighted by molar-refractivity contribution is -0.122. The molecule has 1 aromatic carbocycles. The molecule has 2 unspecified atom stereocenters. The first-order chi connectivity index (χ1) is 13.4. The minimum absolute atomic E-state index is 0.0426. The highest BCUT2D eigenvalue weighted by Crippen LogP contribution is 2.40. The number of ketones is 1. The van der Waals surface area contributed by atoms with Crippen LogP contribution in [0.2, 0.25) is 0 Å². The standard InChI is InChI=1S/C25H36O3/c1-6-9-20-14-19(3)24(21(7-2)15-20)16-22(26)17-25(4)11-8-10-23(18-25)28-13-12-27-5/h14-15,23H,7-8,10-13,16-18H2,1-5H3. The monoisotopic (exact) mass is 384 g/mol. The average molecular weight is 385 g/mol. The number of hydrogen-bond acceptors (Lipinski definition) is 3. The van der Waals surface area contributed by atoms with Crippen molar-refractivity contribution in [2.24, 2.45) is 5.41 Å². The highest BCUT2D eigenvalue weighted by molar-refractivity contribution is 5.82. The molecule has 0 aliphatic heterocycles. The van der Waals surface area contributed by atoms with Crippen LogP contribution in [0.15, 0.2) is 12.1 Å². The molecule has 154 valence electrons. The summed E-state index contributed by atoms with van der Waals surface area (Å²) in [5, 5.41) is 0. The van der Waals surface area contributed by atoms with Crippen LogP contribution in [0, 0.1) is 24.2 Å². The Labute approximate surface area is 171 Å². The lowest BCUT2D eigenvalue weighted by Crippen LogP contribution is -2.33. The van der Waals surface area contributed by atoms with Crippen LogP contribution in [0.3, 0.4) is 0 Å². The van der Waals surface area contributed by atoms with E-state index in [2.05, 4.69) is 44.7 Å². The van der Waals surface area contributed by atoms with Crippen molar-refractivity contribution in [3.63, 3.8) is 0 Å². The molecule has 0 amide bonds. The van der Waals surface area contributed by atoms with E-state index in [-0.39, 0.29) is 11.5 Å². The lowest BCUT2D eigenvalue weighted by Gasteiger charge is -2.37. The van der Waals surface area contributed by atoms with Crippen molar-refractivity contribution in [2.75, 3.05) is 20.3 Å². The quantitative estimate of drug-likeness (QED) is 0.442. The maximum absolute atomic E-state index is 13.0. The predicted molar refractivity (Wildman–Crippen MR) is 115 cm³/mol. The fourth-order valence-electron chi connectivity index (χ4n) is 4.52. The number of carbonyl (C=O) groups is 1. The van der Waals surface area contributed by atoms with Gasteiger partial charge in [0.1, 0.15) is 5.78 Å². The Morgan fingerprint density at radius 1 is 1.32 bits per heavy atom. The molecule has 0 aromatic heterocycles. The summed E-state index contributed by atoms with van der Waals surface area (Å²) in [4.78, 5) is 13.0. The van der Waals surface area contributed by atoms with Crippen molar-refractivity contribution >= 4 is 5.78 Å². The summed E-state index contributed by atoms with van der Waals surface area (Å²) in [7, 11) is 1.70. The molecule has 0 bridgehead atoms. The van der Waals surface area contributed by atoms with Gasteiger partial charge < -0.3 is 9.47 Å². The predicted octanol–water partition coefficient (Wildman–Crippen LogP) is 5.04. The van der Waals surface area contributed by atoms with Crippen molar-refractivity contribution in [3.05, 3.63) is 34.4 Å². The second kappa shape index (κ2) is 10.8. The van der Waals surface area contributed by atoms with Gasteiger partial charge in [-0.05, 0) is 73.8 Å². The van der Waals surface area contributed by atoms with Gasteiger partial charge in [-0.25, -0.2) is 0 Å². The van der Waals surface area contributed by atoms with Crippen LogP contribution in [0.25, 0.3) is 0 Å². The Morgan fingerprint density at radius 2 is 2.11 bits per heavy atom. The molecule has 1 aliphatic carbocycles. The van der Waals surface area contributed by atoms with Gasteiger partial charge in [-0.1, -0.05) is 26.2 Å². The topological polar surface area (TPSA) is 35.5 Å². The molecule has 28 heavy (non-hydrogen) atoms. The second-order valence-corrected chi connectivity index (χ2v) is 8.44. The number of methoxy groups -OCH3 is 1. The van der Waals surface area contributed by atoms with E-state index in [0.29, 0.717) is 31.8 Å². The zero-order chi connectivity index (χ0) is 20.6. The molecule has 0 N–H and O–H groups in total. The number of carbonyl (C=O) groups excluding carboxylic acids is 1. The van der Waals surface area contributed by atoms with Crippen LogP contribution >= 0.6 is 0 Å². The first-order valence-electron chi connectivity index (χ1n) is 10.6. The van der Waals surface area contributed by atoms with Crippen LogP contribution in [0.1, 0.15) is 75.1 Å². The van der Waals surface area contributed by atoms with Crippen molar-refractivity contribution < 1.29 is 14.3 Å². The summed E-state index contributed by atoms with van der Waals surface area (Å²) >= 11 is 0. The molecule has 2 atom stereocenters. The summed E-state index contributed by atoms with van der Waals surface area (Å²) < 4.78 is 11.0. The number of Topliss-reactive ketones (excluding diaryl/α,β-unsaturated/α-hetero) is 1. The van der Waals surface area contributed by atoms with Crippen molar-refractivity contribution in [3.8, 4) is 11.8 Å². The van der Waals surface area contributed by atoms with Gasteiger partial charge in [0.15, 0.2) is 0 Å². The minimum Gasteiger partial charge on any atom is -0.382 e. The largest absolute Gasteiger partial charge is 0.382 e. The fraction of sp³-hybridized carbons (Fsp3) is 0.640. The van der Waals surface area contributed by atoms with Crippen molar-refractivity contribution in [1.29, 1.82) is 0 Å². The van der Waals surface area contributed by atoms with Crippen molar-refractivity contribution in [1.82, 2.24) is 0 Å². The first-order valence-corrected chi connectivity index (χ1v) is 10.6. The van der Waals surface area contributed by atoms with Crippen LogP contribution in [-0.2, 0) is 27.1 Å². The zero-order valence-electron chi connectivity index (χ0n) is 18.3. The van der Waals surface area contributed by atoms with E-state index in [0.717, 1.165) is 37.7 Å². The third-order valence-electron chi connectivity index (χ3n) is 5.88. The second-order valence-electron chi connectivity index (χ2n) is 8.44. The molecule has 3 nitrogen and oxygen atoms in total. The summed E-state index contributed by atoms with van der Waals surface area (Å²) in [5.74, 6) is 6.45. The van der Waals surface area contributed by atoms with Crippen LogP contribution in [0.5, 0.6) is 0 Å². The molecule has 0 heterocycles. The van der Waals surface area contributed by atoms with Gasteiger partial charge in [-0.15, -0.1) is 5.92 Å². The molecular weight excluding hydrogens is 348 g/mol. The van der Waals surface area contributed by atoms with Gasteiger partial charge in [0.05, 0.1) is 19.3 Å². The molecule has 1 aromatic rings. The molecule has 1 saturated carbocycles. The molecule has 2 rings (SSSR count). The summed E-state index contributed by atoms with van der Waals surface area (Å²) in [6.45, 7) is 9.63. The van der Waals surface area contributed by atoms with Crippen LogP contribution in [0.4, 0.5) is 0 Å². The summed E-state index contributed by atoms with van der Waals surface area (Å²) in [6, 6.07) is 4.26. The lowest BCUT2D eigenvalue weighted by atomic mass is 9.71. The Hall–Kier alpha value is -1.63. The molecule has 0 spiro atoms. The van der Waals surface area contributed by atoms with Crippen LogP contribution in [-0.4, -0.2) is 32.2 Å². The normalized spacial score (nSPS) is 21.8. The number of hydrogen-bond donors (Lipinski definition) is 0. The molecule has 3 heteroatoms. The van der Waals surface area contributed by atoms with E-state index < -0.39 is 0 Å². The smallest absolute Gasteiger partial charge is 0.137 e. The van der Waals surface area contributed by atoms with Crippen LogP contribution < -0.4 is 0 Å². The Kier molecular flexibility index (Phi) is 8.73. The first kappa shape index (κ1) is 22.7. The Morgan fingerprint density at radius 3 is 2.79 bits per heavy atom. The van der Waals surface area contributed by atoms with Crippen molar-refractivity contribution in [2.45, 2.75) is 78.7 Å². The number of aryl methyl sites for hydroxylation is 2. The van der Waals surface area contributed by atoms with Gasteiger partial charge in [0.2, 0.25) is 0 Å². The molecule has 0 saturated heterocycles. The van der Waals surface area contributed by atoms with Gasteiger partial charge in [0, 0.05) is 25.5 Å². The third kappa shape index (κ3) is 6.47. The van der Waals surface area contributed by atoms with Gasteiger partial charge in [0.25, 0.3) is 0 Å². The Bertz CT molecular complexity index is 725. The van der Waals surface area contributed by atoms with E-state index >= 15 is 0 Å². The maximum Gasteiger partial charge on any atom is 0.137 e.